The zero-order valence-corrected chi connectivity index (χ0v) is 16.7. The molecule has 2 atom stereocenters. The van der Waals surface area contributed by atoms with E-state index >= 15 is 0 Å². The van der Waals surface area contributed by atoms with E-state index in [1.54, 1.807) is 0 Å². The SMILES string of the molecule is CN1CC[C@]2(C)c3cc(OC(=O)OC(C)(C)C)cc(Br)c3N(C)C12. The van der Waals surface area contributed by atoms with Crippen molar-refractivity contribution in [2.24, 2.45) is 0 Å². The summed E-state index contributed by atoms with van der Waals surface area (Å²) in [5.41, 5.74) is 1.84. The number of carbonyl (C=O) groups excluding carboxylic acids is 1. The highest BCUT2D eigenvalue weighted by Crippen LogP contribution is 2.54. The molecule has 0 amide bonds. The first-order valence-corrected chi connectivity index (χ1v) is 9.00. The second kappa shape index (κ2) is 5.63. The van der Waals surface area contributed by atoms with Gasteiger partial charge in [0.15, 0.2) is 0 Å². The number of nitrogens with zero attached hydrogens (tertiary/aromatic N) is 2. The second-order valence-electron chi connectivity index (χ2n) is 8.00. The number of benzene rings is 1. The maximum absolute atomic E-state index is 12.0. The highest BCUT2D eigenvalue weighted by atomic mass is 79.9. The third kappa shape index (κ3) is 2.80. The van der Waals surface area contributed by atoms with Crippen LogP contribution in [-0.4, -0.2) is 43.5 Å². The van der Waals surface area contributed by atoms with Gasteiger partial charge in [0.2, 0.25) is 0 Å². The number of likely N-dealkylation sites (N-methyl/N-ethyl adjacent to an activating group) is 2. The van der Waals surface area contributed by atoms with Gasteiger partial charge in [-0.3, -0.25) is 4.90 Å². The molecule has 0 bridgehead atoms. The maximum atomic E-state index is 12.0. The number of likely N-dealkylation sites (tertiary alicyclic amines) is 1. The molecule has 0 aliphatic carbocycles. The summed E-state index contributed by atoms with van der Waals surface area (Å²) in [6.07, 6.45) is 0.722. The molecule has 0 N–H and O–H groups in total. The van der Waals surface area contributed by atoms with E-state index in [4.69, 9.17) is 9.47 Å². The quantitative estimate of drug-likeness (QED) is 0.527. The van der Waals surface area contributed by atoms with Crippen LogP contribution in [0.25, 0.3) is 0 Å². The first-order chi connectivity index (χ1) is 11.0. The van der Waals surface area contributed by atoms with Crippen molar-refractivity contribution in [2.75, 3.05) is 25.5 Å². The van der Waals surface area contributed by atoms with Crippen LogP contribution in [0.4, 0.5) is 10.5 Å². The third-order valence-electron chi connectivity index (χ3n) is 4.93. The zero-order chi connectivity index (χ0) is 17.9. The number of hydrogen-bond donors (Lipinski definition) is 0. The van der Waals surface area contributed by atoms with Crippen LogP contribution in [-0.2, 0) is 10.2 Å². The first-order valence-electron chi connectivity index (χ1n) is 8.21. The Labute approximate surface area is 152 Å². The summed E-state index contributed by atoms with van der Waals surface area (Å²) in [6.45, 7) is 8.80. The highest BCUT2D eigenvalue weighted by molar-refractivity contribution is 9.10. The predicted octanol–water partition coefficient (Wildman–Crippen LogP) is 4.13. The van der Waals surface area contributed by atoms with Gasteiger partial charge in [0.05, 0.1) is 11.9 Å². The lowest BCUT2D eigenvalue weighted by Gasteiger charge is -2.32. The van der Waals surface area contributed by atoms with Crippen LogP contribution in [0.1, 0.15) is 39.7 Å². The van der Waals surface area contributed by atoms with Crippen LogP contribution >= 0.6 is 15.9 Å². The monoisotopic (exact) mass is 396 g/mol. The Kier molecular flexibility index (Phi) is 4.12. The normalized spacial score (nSPS) is 26.3. The smallest absolute Gasteiger partial charge is 0.428 e. The molecule has 3 rings (SSSR count). The van der Waals surface area contributed by atoms with Gasteiger partial charge < -0.3 is 14.4 Å². The minimum absolute atomic E-state index is 0.0225. The minimum Gasteiger partial charge on any atom is -0.428 e. The molecule has 0 spiro atoms. The molecule has 0 saturated carbocycles. The molecule has 1 unspecified atom stereocenters. The standard InChI is InChI=1S/C18H25BrN2O3/c1-17(2,3)24-16(22)23-11-9-12-14(13(19)10-11)21(6)15-18(12,4)7-8-20(15)5/h9-10,15H,7-8H2,1-6H3/t15?,18-/m1/s1. The van der Waals surface area contributed by atoms with Gasteiger partial charge in [-0.05, 0) is 67.9 Å². The van der Waals surface area contributed by atoms with Crippen molar-refractivity contribution in [1.82, 2.24) is 4.90 Å². The molecule has 0 aromatic heterocycles. The number of halogens is 1. The van der Waals surface area contributed by atoms with Gasteiger partial charge in [0.1, 0.15) is 11.4 Å². The van der Waals surface area contributed by atoms with E-state index in [9.17, 15) is 4.79 Å². The Morgan fingerprint density at radius 3 is 2.62 bits per heavy atom. The summed E-state index contributed by atoms with van der Waals surface area (Å²) >= 11 is 3.65. The fourth-order valence-electron chi connectivity index (χ4n) is 4.06. The van der Waals surface area contributed by atoms with Crippen molar-refractivity contribution >= 4 is 27.8 Å². The van der Waals surface area contributed by atoms with Gasteiger partial charge in [-0.1, -0.05) is 6.92 Å². The number of rotatable bonds is 1. The largest absolute Gasteiger partial charge is 0.514 e. The summed E-state index contributed by atoms with van der Waals surface area (Å²) in [6, 6.07) is 3.82. The lowest BCUT2D eigenvalue weighted by molar-refractivity contribution is 0.0206. The van der Waals surface area contributed by atoms with Crippen molar-refractivity contribution in [3.8, 4) is 5.75 Å². The summed E-state index contributed by atoms with van der Waals surface area (Å²) in [5, 5.41) is 0. The van der Waals surface area contributed by atoms with Gasteiger partial charge in [-0.15, -0.1) is 0 Å². The van der Waals surface area contributed by atoms with Gasteiger partial charge in [-0.25, -0.2) is 4.79 Å². The Morgan fingerprint density at radius 1 is 1.33 bits per heavy atom. The molecule has 5 nitrogen and oxygen atoms in total. The van der Waals surface area contributed by atoms with Crippen LogP contribution in [0.3, 0.4) is 0 Å². The van der Waals surface area contributed by atoms with Crippen molar-refractivity contribution in [3.63, 3.8) is 0 Å². The van der Waals surface area contributed by atoms with Crippen molar-refractivity contribution < 1.29 is 14.3 Å². The maximum Gasteiger partial charge on any atom is 0.514 e. The number of ether oxygens (including phenoxy) is 2. The molecule has 1 fully saturated rings. The molecule has 1 aromatic carbocycles. The van der Waals surface area contributed by atoms with Crippen LogP contribution < -0.4 is 9.64 Å². The van der Waals surface area contributed by atoms with E-state index < -0.39 is 11.8 Å². The summed E-state index contributed by atoms with van der Waals surface area (Å²) < 4.78 is 11.6. The average Bonchev–Trinajstić information content (AvgIpc) is 2.82. The molecule has 6 heteroatoms. The molecule has 2 aliphatic heterocycles. The van der Waals surface area contributed by atoms with Gasteiger partial charge >= 0.3 is 6.16 Å². The van der Waals surface area contributed by atoms with Crippen molar-refractivity contribution in [1.29, 1.82) is 0 Å². The molecule has 0 radical (unpaired) electrons. The molecular weight excluding hydrogens is 372 g/mol. The highest BCUT2D eigenvalue weighted by Gasteiger charge is 2.53. The zero-order valence-electron chi connectivity index (χ0n) is 15.1. The van der Waals surface area contributed by atoms with Gasteiger partial charge in [-0.2, -0.15) is 0 Å². The molecular formula is C18H25BrN2O3. The third-order valence-corrected chi connectivity index (χ3v) is 5.54. The van der Waals surface area contributed by atoms with E-state index in [0.717, 1.165) is 17.4 Å². The number of fused-ring (bicyclic) bond motifs is 3. The molecule has 132 valence electrons. The first kappa shape index (κ1) is 17.5. The summed E-state index contributed by atoms with van der Waals surface area (Å²) in [4.78, 5) is 16.7. The van der Waals surface area contributed by atoms with Crippen LogP contribution in [0.15, 0.2) is 16.6 Å². The second-order valence-corrected chi connectivity index (χ2v) is 8.85. The van der Waals surface area contributed by atoms with Crippen molar-refractivity contribution in [2.45, 2.75) is 51.3 Å². The Hall–Kier alpha value is -1.27. The Balaban J connectivity index is 1.94. The van der Waals surface area contributed by atoms with E-state index in [-0.39, 0.29) is 5.41 Å². The Morgan fingerprint density at radius 2 is 2.00 bits per heavy atom. The van der Waals surface area contributed by atoms with E-state index in [1.807, 2.05) is 32.9 Å². The molecule has 2 aliphatic rings. The number of hydrogen-bond acceptors (Lipinski definition) is 5. The lowest BCUT2D eigenvalue weighted by Crippen LogP contribution is -2.45. The molecule has 1 aromatic rings. The summed E-state index contributed by atoms with van der Waals surface area (Å²) in [5.74, 6) is 0.514. The fraction of sp³-hybridized carbons (Fsp3) is 0.611. The topological polar surface area (TPSA) is 42.0 Å². The van der Waals surface area contributed by atoms with Crippen LogP contribution in [0.5, 0.6) is 5.75 Å². The van der Waals surface area contributed by atoms with Crippen LogP contribution in [0.2, 0.25) is 0 Å². The van der Waals surface area contributed by atoms with Crippen molar-refractivity contribution in [3.05, 3.63) is 22.2 Å². The minimum atomic E-state index is -0.675. The lowest BCUT2D eigenvalue weighted by atomic mass is 9.81. The predicted molar refractivity (Wildman–Crippen MR) is 97.8 cm³/mol. The van der Waals surface area contributed by atoms with Gasteiger partial charge in [0, 0.05) is 23.5 Å². The molecule has 1 saturated heterocycles. The van der Waals surface area contributed by atoms with E-state index in [0.29, 0.717) is 11.9 Å². The number of carbonyl (C=O) groups is 1. The fourth-order valence-corrected chi connectivity index (χ4v) is 4.78. The summed E-state index contributed by atoms with van der Waals surface area (Å²) in [7, 11) is 4.28. The van der Waals surface area contributed by atoms with E-state index in [2.05, 4.69) is 46.7 Å². The van der Waals surface area contributed by atoms with Crippen LogP contribution in [0, 0.1) is 0 Å². The average molecular weight is 397 g/mol. The Bertz CT molecular complexity index is 686. The van der Waals surface area contributed by atoms with E-state index in [1.165, 1.54) is 11.3 Å². The van der Waals surface area contributed by atoms with Gasteiger partial charge in [0.25, 0.3) is 0 Å². The molecule has 24 heavy (non-hydrogen) atoms. The number of anilines is 1. The molecule has 2 heterocycles.